The van der Waals surface area contributed by atoms with Gasteiger partial charge in [0.05, 0.1) is 20.6 Å². The maximum Gasteiger partial charge on any atom is 0.264 e. The number of benzene rings is 3. The van der Waals surface area contributed by atoms with E-state index in [1.165, 1.54) is 29.2 Å². The zero-order chi connectivity index (χ0) is 28.7. The minimum atomic E-state index is -4.23. The third-order valence-corrected chi connectivity index (χ3v) is 9.04. The fourth-order valence-corrected chi connectivity index (χ4v) is 5.90. The number of rotatable bonds is 11. The number of amides is 2. The lowest BCUT2D eigenvalue weighted by Crippen LogP contribution is -2.51. The highest BCUT2D eigenvalue weighted by Crippen LogP contribution is 2.35. The molecule has 39 heavy (non-hydrogen) atoms. The van der Waals surface area contributed by atoms with Crippen LogP contribution in [0.4, 0.5) is 5.69 Å². The van der Waals surface area contributed by atoms with Crippen LogP contribution in [0, 0.1) is 5.92 Å². The van der Waals surface area contributed by atoms with Crippen LogP contribution < -0.4 is 9.62 Å². The molecule has 0 aromatic heterocycles. The fraction of sp³-hybridized carbons (Fsp3) is 0.286. The highest BCUT2D eigenvalue weighted by molar-refractivity contribution is 9.10. The SMILES string of the molecule is CC(C)CNC(=O)[C@@H](C)N(Cc1ccc(Br)cc1)C(=O)CN(c1cccc(Cl)c1Cl)S(=O)(=O)c1ccccc1. The summed E-state index contributed by atoms with van der Waals surface area (Å²) in [5.74, 6) is -0.707. The largest absolute Gasteiger partial charge is 0.354 e. The Balaban J connectivity index is 2.04. The molecule has 7 nitrogen and oxygen atoms in total. The molecule has 1 atom stereocenters. The predicted octanol–water partition coefficient (Wildman–Crippen LogP) is 6.14. The Morgan fingerprint density at radius 2 is 1.56 bits per heavy atom. The van der Waals surface area contributed by atoms with Gasteiger partial charge in [0, 0.05) is 17.6 Å². The molecule has 0 aliphatic heterocycles. The first-order valence-electron chi connectivity index (χ1n) is 12.2. The lowest BCUT2D eigenvalue weighted by atomic mass is 10.1. The summed E-state index contributed by atoms with van der Waals surface area (Å²) in [5.41, 5.74) is 0.829. The molecule has 0 saturated heterocycles. The lowest BCUT2D eigenvalue weighted by Gasteiger charge is -2.32. The third kappa shape index (κ3) is 7.97. The van der Waals surface area contributed by atoms with Gasteiger partial charge in [0.15, 0.2) is 0 Å². The van der Waals surface area contributed by atoms with Crippen molar-refractivity contribution in [2.75, 3.05) is 17.4 Å². The molecule has 0 fully saturated rings. The van der Waals surface area contributed by atoms with Gasteiger partial charge in [0.1, 0.15) is 12.6 Å². The van der Waals surface area contributed by atoms with Crippen LogP contribution in [0.1, 0.15) is 26.3 Å². The smallest absolute Gasteiger partial charge is 0.264 e. The molecule has 208 valence electrons. The van der Waals surface area contributed by atoms with Crippen molar-refractivity contribution in [2.45, 2.75) is 38.3 Å². The molecule has 0 aliphatic rings. The van der Waals surface area contributed by atoms with Gasteiger partial charge in [-0.25, -0.2) is 8.42 Å². The number of carbonyl (C=O) groups excluding carboxylic acids is 2. The van der Waals surface area contributed by atoms with Gasteiger partial charge < -0.3 is 10.2 Å². The highest BCUT2D eigenvalue weighted by Gasteiger charge is 2.33. The second-order valence-corrected chi connectivity index (χ2v) is 12.9. The second kappa shape index (κ2) is 13.7. The zero-order valence-corrected chi connectivity index (χ0v) is 25.7. The molecular weight excluding hydrogens is 625 g/mol. The first kappa shape index (κ1) is 30.9. The van der Waals surface area contributed by atoms with E-state index in [1.807, 2.05) is 38.1 Å². The minimum Gasteiger partial charge on any atom is -0.354 e. The Morgan fingerprint density at radius 3 is 2.18 bits per heavy atom. The molecule has 0 unspecified atom stereocenters. The first-order chi connectivity index (χ1) is 18.4. The average Bonchev–Trinajstić information content (AvgIpc) is 2.91. The summed E-state index contributed by atoms with van der Waals surface area (Å²) in [4.78, 5) is 28.3. The molecule has 0 aliphatic carbocycles. The van der Waals surface area contributed by atoms with Crippen molar-refractivity contribution in [1.29, 1.82) is 0 Å². The van der Waals surface area contributed by atoms with E-state index in [-0.39, 0.29) is 39.0 Å². The molecule has 0 spiro atoms. The fourth-order valence-electron chi connectivity index (χ4n) is 3.74. The quantitative estimate of drug-likeness (QED) is 0.269. The van der Waals surface area contributed by atoms with Crippen LogP contribution in [-0.4, -0.2) is 44.3 Å². The van der Waals surface area contributed by atoms with E-state index < -0.39 is 28.5 Å². The number of hydrogen-bond donors (Lipinski definition) is 1. The predicted molar refractivity (Wildman–Crippen MR) is 159 cm³/mol. The maximum atomic E-state index is 13.9. The van der Waals surface area contributed by atoms with Crippen molar-refractivity contribution >= 4 is 66.7 Å². The summed E-state index contributed by atoms with van der Waals surface area (Å²) >= 11 is 16.1. The average molecular weight is 655 g/mol. The standard InChI is InChI=1S/C28H30BrCl2N3O4S/c1-19(2)16-32-28(36)20(3)33(17-21-12-14-22(29)15-13-21)26(35)18-34(25-11-7-10-24(30)27(25)31)39(37,38)23-8-5-4-6-9-23/h4-15,19-20H,16-18H2,1-3H3,(H,32,36)/t20-/m1/s1. The summed E-state index contributed by atoms with van der Waals surface area (Å²) in [7, 11) is -4.23. The molecular formula is C28H30BrCl2N3O4S. The Labute approximate surface area is 248 Å². The topological polar surface area (TPSA) is 86.8 Å². The summed E-state index contributed by atoms with van der Waals surface area (Å²) < 4.78 is 29.4. The van der Waals surface area contributed by atoms with Crippen LogP contribution in [0.15, 0.2) is 82.2 Å². The van der Waals surface area contributed by atoms with E-state index in [4.69, 9.17) is 23.2 Å². The molecule has 3 aromatic carbocycles. The first-order valence-corrected chi connectivity index (χ1v) is 15.2. The number of anilines is 1. The molecule has 0 radical (unpaired) electrons. The lowest BCUT2D eigenvalue weighted by molar-refractivity contribution is -0.139. The van der Waals surface area contributed by atoms with Crippen molar-refractivity contribution in [2.24, 2.45) is 5.92 Å². The van der Waals surface area contributed by atoms with Crippen molar-refractivity contribution in [3.8, 4) is 0 Å². The van der Waals surface area contributed by atoms with Crippen molar-refractivity contribution in [1.82, 2.24) is 10.2 Å². The molecule has 0 saturated carbocycles. The summed E-state index contributed by atoms with van der Waals surface area (Å²) in [6.45, 7) is 5.49. The van der Waals surface area contributed by atoms with Crippen molar-refractivity contribution in [3.63, 3.8) is 0 Å². The Morgan fingerprint density at radius 1 is 0.923 bits per heavy atom. The van der Waals surface area contributed by atoms with Gasteiger partial charge >= 0.3 is 0 Å². The zero-order valence-electron chi connectivity index (χ0n) is 21.8. The Kier molecular flexibility index (Phi) is 10.8. The Hall–Kier alpha value is -2.59. The molecule has 3 rings (SSSR count). The van der Waals surface area contributed by atoms with Gasteiger partial charge in [-0.2, -0.15) is 0 Å². The molecule has 11 heteroatoms. The number of nitrogens with zero attached hydrogens (tertiary/aromatic N) is 2. The van der Waals surface area contributed by atoms with E-state index in [0.29, 0.717) is 6.54 Å². The maximum absolute atomic E-state index is 13.9. The molecule has 2 amide bonds. The van der Waals surface area contributed by atoms with Crippen LogP contribution >= 0.6 is 39.1 Å². The van der Waals surface area contributed by atoms with Gasteiger partial charge in [-0.15, -0.1) is 0 Å². The number of hydrogen-bond acceptors (Lipinski definition) is 4. The highest BCUT2D eigenvalue weighted by atomic mass is 79.9. The van der Waals surface area contributed by atoms with Crippen LogP contribution in [0.3, 0.4) is 0 Å². The second-order valence-electron chi connectivity index (χ2n) is 9.36. The number of nitrogens with one attached hydrogen (secondary N) is 1. The summed E-state index contributed by atoms with van der Waals surface area (Å²) in [6.07, 6.45) is 0. The van der Waals surface area contributed by atoms with Crippen molar-refractivity contribution < 1.29 is 18.0 Å². The molecule has 0 bridgehead atoms. The normalized spacial score (nSPS) is 12.2. The van der Waals surface area contributed by atoms with Gasteiger partial charge in [-0.1, -0.05) is 89.4 Å². The van der Waals surface area contributed by atoms with E-state index in [9.17, 15) is 18.0 Å². The van der Waals surface area contributed by atoms with Crippen LogP contribution in [0.5, 0.6) is 0 Å². The van der Waals surface area contributed by atoms with E-state index in [0.717, 1.165) is 14.3 Å². The minimum absolute atomic E-state index is 0.00587. The van der Waals surface area contributed by atoms with Crippen LogP contribution in [-0.2, 0) is 26.2 Å². The summed E-state index contributed by atoms with van der Waals surface area (Å²) in [5, 5.41) is 2.99. The monoisotopic (exact) mass is 653 g/mol. The van der Waals surface area contributed by atoms with Gasteiger partial charge in [0.25, 0.3) is 10.0 Å². The third-order valence-electron chi connectivity index (χ3n) is 5.93. The molecule has 1 N–H and O–H groups in total. The van der Waals surface area contributed by atoms with Gasteiger partial charge in [0.2, 0.25) is 11.8 Å². The number of halogens is 3. The molecule has 0 heterocycles. The number of sulfonamides is 1. The van der Waals surface area contributed by atoms with Gasteiger partial charge in [-0.3, -0.25) is 13.9 Å². The summed E-state index contributed by atoms with van der Waals surface area (Å²) in [6, 6.07) is 18.8. The Bertz CT molecular complexity index is 1400. The van der Waals surface area contributed by atoms with Gasteiger partial charge in [-0.05, 0) is 54.8 Å². The van der Waals surface area contributed by atoms with E-state index in [2.05, 4.69) is 21.2 Å². The van der Waals surface area contributed by atoms with Crippen LogP contribution in [0.2, 0.25) is 10.0 Å². The van der Waals surface area contributed by atoms with E-state index >= 15 is 0 Å². The number of carbonyl (C=O) groups is 2. The van der Waals surface area contributed by atoms with E-state index in [1.54, 1.807) is 31.2 Å². The molecule has 3 aromatic rings. The van der Waals surface area contributed by atoms with Crippen molar-refractivity contribution in [3.05, 3.63) is 92.9 Å². The van der Waals surface area contributed by atoms with Crippen LogP contribution in [0.25, 0.3) is 0 Å².